The minimum atomic E-state index is -0.547. The van der Waals surface area contributed by atoms with Gasteiger partial charge >= 0.3 is 5.97 Å². The number of anilines is 2. The van der Waals surface area contributed by atoms with E-state index >= 15 is 0 Å². The number of carbonyl (C=O) groups excluding carboxylic acids is 2. The van der Waals surface area contributed by atoms with Crippen LogP contribution < -0.4 is 10.6 Å². The van der Waals surface area contributed by atoms with E-state index in [9.17, 15) is 9.59 Å². The van der Waals surface area contributed by atoms with Crippen molar-refractivity contribution in [2.75, 3.05) is 17.7 Å². The van der Waals surface area contributed by atoms with Gasteiger partial charge in [-0.15, -0.1) is 0 Å². The van der Waals surface area contributed by atoms with Crippen LogP contribution in [0.4, 0.5) is 11.5 Å². The van der Waals surface area contributed by atoms with Gasteiger partial charge < -0.3 is 15.4 Å². The maximum absolute atomic E-state index is 12.5. The zero-order valence-corrected chi connectivity index (χ0v) is 16.5. The fourth-order valence-electron chi connectivity index (χ4n) is 2.82. The molecule has 1 amide bonds. The highest BCUT2D eigenvalue weighted by Gasteiger charge is 2.12. The molecule has 0 saturated carbocycles. The summed E-state index contributed by atoms with van der Waals surface area (Å²) in [5, 5.41) is 6.12. The minimum absolute atomic E-state index is 0.129. The molecule has 1 heterocycles. The van der Waals surface area contributed by atoms with E-state index in [1.54, 1.807) is 6.07 Å². The van der Waals surface area contributed by atoms with Gasteiger partial charge in [-0.25, -0.2) is 9.78 Å². The summed E-state index contributed by atoms with van der Waals surface area (Å²) in [6.45, 7) is 3.90. The van der Waals surface area contributed by atoms with Crippen LogP contribution in [0.1, 0.15) is 44.9 Å². The molecule has 3 aromatic rings. The van der Waals surface area contributed by atoms with Gasteiger partial charge in [-0.1, -0.05) is 29.8 Å². The predicted molar refractivity (Wildman–Crippen MR) is 111 cm³/mol. The van der Waals surface area contributed by atoms with E-state index in [1.165, 1.54) is 19.5 Å². The average Bonchev–Trinajstić information content (AvgIpc) is 2.73. The highest BCUT2D eigenvalue weighted by Crippen LogP contribution is 2.21. The third-order valence-electron chi connectivity index (χ3n) is 4.32. The first kappa shape index (κ1) is 20.0. The number of benzene rings is 2. The molecule has 2 N–H and O–H groups in total. The minimum Gasteiger partial charge on any atom is -0.464 e. The van der Waals surface area contributed by atoms with Crippen molar-refractivity contribution in [1.29, 1.82) is 0 Å². The third kappa shape index (κ3) is 5.16. The smallest absolute Gasteiger partial charge is 0.358 e. The lowest BCUT2D eigenvalue weighted by atomic mass is 10.1. The Morgan fingerprint density at radius 1 is 1.07 bits per heavy atom. The van der Waals surface area contributed by atoms with Crippen LogP contribution in [0.2, 0.25) is 0 Å². The lowest BCUT2D eigenvalue weighted by molar-refractivity contribution is 0.0593. The number of carbonyl (C=O) groups is 2. The van der Waals surface area contributed by atoms with E-state index in [0.29, 0.717) is 17.1 Å². The van der Waals surface area contributed by atoms with Gasteiger partial charge in [0.15, 0.2) is 5.69 Å². The number of ether oxygens (including phenoxy) is 1. The summed E-state index contributed by atoms with van der Waals surface area (Å²) in [5.74, 6) is -0.257. The summed E-state index contributed by atoms with van der Waals surface area (Å²) in [4.78, 5) is 32.3. The Hall–Kier alpha value is -3.74. The molecule has 0 radical (unpaired) electrons. The number of methoxy groups -OCH3 is 1. The Balaban J connectivity index is 1.72. The fourth-order valence-corrected chi connectivity index (χ4v) is 2.82. The van der Waals surface area contributed by atoms with Gasteiger partial charge in [-0.2, -0.15) is 0 Å². The van der Waals surface area contributed by atoms with E-state index in [2.05, 4.69) is 25.3 Å². The van der Waals surface area contributed by atoms with Crippen molar-refractivity contribution in [2.45, 2.75) is 19.9 Å². The molecule has 0 unspecified atom stereocenters. The topological polar surface area (TPSA) is 93.2 Å². The first-order valence-corrected chi connectivity index (χ1v) is 9.11. The van der Waals surface area contributed by atoms with E-state index in [1.807, 2.05) is 56.3 Å². The van der Waals surface area contributed by atoms with Crippen LogP contribution in [0.25, 0.3) is 0 Å². The van der Waals surface area contributed by atoms with Crippen LogP contribution in [-0.4, -0.2) is 29.0 Å². The molecule has 1 atom stereocenters. The number of esters is 1. The fraction of sp³-hybridized carbons (Fsp3) is 0.182. The molecule has 29 heavy (non-hydrogen) atoms. The number of rotatable bonds is 6. The summed E-state index contributed by atoms with van der Waals surface area (Å²) in [7, 11) is 1.29. The summed E-state index contributed by atoms with van der Waals surface area (Å²) >= 11 is 0. The molecule has 0 saturated heterocycles. The van der Waals surface area contributed by atoms with E-state index in [-0.39, 0.29) is 17.6 Å². The van der Waals surface area contributed by atoms with Gasteiger partial charge in [0.2, 0.25) is 0 Å². The number of nitrogens with one attached hydrogen (secondary N) is 2. The number of aryl methyl sites for hydroxylation is 1. The number of nitrogens with zero attached hydrogens (tertiary/aromatic N) is 2. The Kier molecular flexibility index (Phi) is 6.19. The van der Waals surface area contributed by atoms with Crippen LogP contribution in [0.15, 0.2) is 60.9 Å². The van der Waals surface area contributed by atoms with Crippen molar-refractivity contribution in [3.63, 3.8) is 0 Å². The summed E-state index contributed by atoms with van der Waals surface area (Å²) in [5.41, 5.74) is 3.40. The quantitative estimate of drug-likeness (QED) is 0.618. The zero-order valence-electron chi connectivity index (χ0n) is 16.5. The standard InChI is InChI=1S/C22H22N4O3/c1-14-6-4-8-17(10-14)21(27)25-18-9-5-7-16(11-18)15(2)24-20-13-23-12-19(26-20)22(28)29-3/h4-13,15H,1-3H3,(H,24,26)(H,25,27)/t15-/m0/s1. The molecule has 0 spiro atoms. The molecule has 0 aliphatic rings. The highest BCUT2D eigenvalue weighted by molar-refractivity contribution is 6.04. The maximum Gasteiger partial charge on any atom is 0.358 e. The van der Waals surface area contributed by atoms with E-state index in [0.717, 1.165) is 11.1 Å². The Bertz CT molecular complexity index is 1040. The molecular formula is C22H22N4O3. The third-order valence-corrected chi connectivity index (χ3v) is 4.32. The van der Waals surface area contributed by atoms with Gasteiger partial charge in [0.05, 0.1) is 25.5 Å². The van der Waals surface area contributed by atoms with Gasteiger partial charge in [-0.05, 0) is 43.7 Å². The first-order valence-electron chi connectivity index (χ1n) is 9.11. The van der Waals surface area contributed by atoms with Crippen LogP contribution in [-0.2, 0) is 4.74 Å². The Morgan fingerprint density at radius 2 is 1.86 bits per heavy atom. The molecule has 3 rings (SSSR count). The number of aromatic nitrogens is 2. The number of amides is 1. The van der Waals surface area contributed by atoms with Crippen molar-refractivity contribution in [2.24, 2.45) is 0 Å². The normalized spacial score (nSPS) is 11.4. The van der Waals surface area contributed by atoms with Crippen LogP contribution in [0, 0.1) is 6.92 Å². The van der Waals surface area contributed by atoms with Crippen LogP contribution >= 0.6 is 0 Å². The second-order valence-electron chi connectivity index (χ2n) is 6.60. The van der Waals surface area contributed by atoms with E-state index in [4.69, 9.17) is 0 Å². The number of hydrogen-bond acceptors (Lipinski definition) is 6. The molecular weight excluding hydrogens is 368 g/mol. The van der Waals surface area contributed by atoms with Gasteiger partial charge in [-0.3, -0.25) is 9.78 Å². The first-order chi connectivity index (χ1) is 14.0. The molecule has 0 aliphatic heterocycles. The summed E-state index contributed by atoms with van der Waals surface area (Å²) in [6, 6.07) is 14.8. The van der Waals surface area contributed by atoms with Gasteiger partial charge in [0, 0.05) is 11.3 Å². The van der Waals surface area contributed by atoms with Crippen molar-refractivity contribution in [3.8, 4) is 0 Å². The van der Waals surface area contributed by atoms with Gasteiger partial charge in [0.25, 0.3) is 5.91 Å². The molecule has 0 aliphatic carbocycles. The monoisotopic (exact) mass is 390 g/mol. The van der Waals surface area contributed by atoms with Gasteiger partial charge in [0.1, 0.15) is 5.82 Å². The highest BCUT2D eigenvalue weighted by atomic mass is 16.5. The van der Waals surface area contributed by atoms with Crippen molar-refractivity contribution < 1.29 is 14.3 Å². The average molecular weight is 390 g/mol. The molecule has 2 aromatic carbocycles. The maximum atomic E-state index is 12.5. The molecule has 1 aromatic heterocycles. The number of hydrogen-bond donors (Lipinski definition) is 2. The molecule has 7 heteroatoms. The van der Waals surface area contributed by atoms with E-state index < -0.39 is 5.97 Å². The summed E-state index contributed by atoms with van der Waals surface area (Å²) in [6.07, 6.45) is 2.88. The molecule has 0 fully saturated rings. The Morgan fingerprint density at radius 3 is 2.62 bits per heavy atom. The van der Waals surface area contributed by atoms with Crippen molar-refractivity contribution in [3.05, 3.63) is 83.3 Å². The predicted octanol–water partition coefficient (Wildman–Crippen LogP) is 4.00. The second kappa shape index (κ2) is 8.97. The summed E-state index contributed by atoms with van der Waals surface area (Å²) < 4.78 is 4.67. The Labute approximate surface area is 169 Å². The SMILES string of the molecule is COC(=O)c1cncc(N[C@@H](C)c2cccc(NC(=O)c3cccc(C)c3)c2)n1. The molecule has 0 bridgehead atoms. The van der Waals surface area contributed by atoms with Crippen molar-refractivity contribution >= 4 is 23.4 Å². The second-order valence-corrected chi connectivity index (χ2v) is 6.60. The lowest BCUT2D eigenvalue weighted by Crippen LogP contribution is -2.14. The molecule has 7 nitrogen and oxygen atoms in total. The lowest BCUT2D eigenvalue weighted by Gasteiger charge is -2.16. The van der Waals surface area contributed by atoms with Crippen LogP contribution in [0.5, 0.6) is 0 Å². The zero-order chi connectivity index (χ0) is 20.8. The molecule has 148 valence electrons. The van der Waals surface area contributed by atoms with Crippen LogP contribution in [0.3, 0.4) is 0 Å². The van der Waals surface area contributed by atoms with Crippen molar-refractivity contribution in [1.82, 2.24) is 9.97 Å². The largest absolute Gasteiger partial charge is 0.464 e.